The van der Waals surface area contributed by atoms with Crippen LogP contribution in [0.2, 0.25) is 0 Å². The Morgan fingerprint density at radius 2 is 1.90 bits per heavy atom. The molecule has 1 aromatic carbocycles. The summed E-state index contributed by atoms with van der Waals surface area (Å²) in [5.74, 6) is 0.303. The number of hydrogen-bond acceptors (Lipinski definition) is 5. The number of thioether (sulfide) groups is 1. The number of amidine groups is 1. The topological polar surface area (TPSA) is 55.0 Å². The fourth-order valence-electron chi connectivity index (χ4n) is 3.43. The van der Waals surface area contributed by atoms with Gasteiger partial charge in [-0.05, 0) is 49.9 Å². The number of hydrogen-bond donors (Lipinski definition) is 0. The zero-order valence-corrected chi connectivity index (χ0v) is 17.1. The Bertz CT molecular complexity index is 1020. The third-order valence-electron chi connectivity index (χ3n) is 4.67. The number of furan rings is 1. The largest absolute Gasteiger partial charge is 0.457 e. The van der Waals surface area contributed by atoms with Crippen LogP contribution in [0.15, 0.2) is 50.7 Å². The molecular formula is C21H19F3N2O3S. The molecule has 30 heavy (non-hydrogen) atoms. The summed E-state index contributed by atoms with van der Waals surface area (Å²) < 4.78 is 50.2. The van der Waals surface area contributed by atoms with E-state index in [4.69, 9.17) is 9.15 Å². The summed E-state index contributed by atoms with van der Waals surface area (Å²) in [4.78, 5) is 18.9. The van der Waals surface area contributed by atoms with Crippen molar-refractivity contribution in [1.29, 1.82) is 0 Å². The second-order valence-corrected chi connectivity index (χ2v) is 8.26. The number of carbonyl (C=O) groups is 1. The van der Waals surface area contributed by atoms with Gasteiger partial charge in [0.05, 0.1) is 22.7 Å². The Kier molecular flexibility index (Phi) is 5.50. The van der Waals surface area contributed by atoms with Crippen LogP contribution in [0.4, 0.5) is 13.2 Å². The maximum atomic E-state index is 12.9. The highest BCUT2D eigenvalue weighted by Gasteiger charge is 2.32. The average molecular weight is 436 g/mol. The second-order valence-electron chi connectivity index (χ2n) is 7.25. The van der Waals surface area contributed by atoms with Crippen molar-refractivity contribution in [2.75, 3.05) is 13.1 Å². The highest BCUT2D eigenvalue weighted by atomic mass is 32.2. The van der Waals surface area contributed by atoms with Crippen molar-refractivity contribution >= 4 is 28.9 Å². The van der Waals surface area contributed by atoms with E-state index >= 15 is 0 Å². The predicted octanol–water partition coefficient (Wildman–Crippen LogP) is 5.04. The smallest absolute Gasteiger partial charge is 0.416 e. The van der Waals surface area contributed by atoms with Gasteiger partial charge in [0.2, 0.25) is 0 Å². The maximum absolute atomic E-state index is 12.9. The normalized spacial score (nSPS) is 23.9. The van der Waals surface area contributed by atoms with Crippen LogP contribution in [0.25, 0.3) is 17.4 Å². The Morgan fingerprint density at radius 3 is 2.60 bits per heavy atom. The molecule has 1 fully saturated rings. The van der Waals surface area contributed by atoms with Gasteiger partial charge < -0.3 is 14.1 Å². The third kappa shape index (κ3) is 4.46. The van der Waals surface area contributed by atoms with E-state index in [1.165, 1.54) is 17.8 Å². The van der Waals surface area contributed by atoms with Gasteiger partial charge in [-0.1, -0.05) is 12.1 Å². The van der Waals surface area contributed by atoms with E-state index in [0.717, 1.165) is 12.1 Å². The number of aliphatic imine (C=N–C) groups is 1. The Morgan fingerprint density at radius 1 is 1.17 bits per heavy atom. The van der Waals surface area contributed by atoms with Crippen molar-refractivity contribution in [1.82, 2.24) is 4.90 Å². The molecule has 0 spiro atoms. The highest BCUT2D eigenvalue weighted by molar-refractivity contribution is 8.18. The van der Waals surface area contributed by atoms with Crippen LogP contribution in [0, 0.1) is 0 Å². The van der Waals surface area contributed by atoms with E-state index in [9.17, 15) is 18.0 Å². The number of amides is 1. The van der Waals surface area contributed by atoms with Gasteiger partial charge in [0.1, 0.15) is 11.5 Å². The van der Waals surface area contributed by atoms with Crippen LogP contribution in [0.1, 0.15) is 25.2 Å². The Labute approximate surface area is 175 Å². The van der Waals surface area contributed by atoms with E-state index in [-0.39, 0.29) is 18.1 Å². The molecule has 9 heteroatoms. The van der Waals surface area contributed by atoms with Crippen molar-refractivity contribution in [3.05, 3.63) is 52.6 Å². The second kappa shape index (κ2) is 7.96. The first-order valence-electron chi connectivity index (χ1n) is 9.39. The zero-order valence-electron chi connectivity index (χ0n) is 16.3. The van der Waals surface area contributed by atoms with Crippen molar-refractivity contribution in [3.63, 3.8) is 0 Å². The predicted molar refractivity (Wildman–Crippen MR) is 109 cm³/mol. The average Bonchev–Trinajstić information content (AvgIpc) is 3.28. The van der Waals surface area contributed by atoms with Gasteiger partial charge in [-0.15, -0.1) is 0 Å². The van der Waals surface area contributed by atoms with E-state index in [0.29, 0.717) is 40.2 Å². The van der Waals surface area contributed by atoms with Crippen molar-refractivity contribution in [2.24, 2.45) is 4.99 Å². The van der Waals surface area contributed by atoms with Crippen molar-refractivity contribution < 1.29 is 27.1 Å². The van der Waals surface area contributed by atoms with Crippen LogP contribution >= 0.6 is 11.8 Å². The minimum absolute atomic E-state index is 0.0419. The lowest BCUT2D eigenvalue weighted by Crippen LogP contribution is -2.47. The molecule has 1 aromatic heterocycles. The molecule has 5 nitrogen and oxygen atoms in total. The summed E-state index contributed by atoms with van der Waals surface area (Å²) in [6.07, 6.45) is -2.78. The summed E-state index contributed by atoms with van der Waals surface area (Å²) in [5.41, 5.74) is -0.432. The molecule has 0 aliphatic carbocycles. The monoisotopic (exact) mass is 436 g/mol. The van der Waals surface area contributed by atoms with E-state index in [2.05, 4.69) is 4.99 Å². The molecule has 1 amide bonds. The third-order valence-corrected chi connectivity index (χ3v) is 5.72. The summed E-state index contributed by atoms with van der Waals surface area (Å²) >= 11 is 1.26. The Balaban J connectivity index is 1.51. The molecule has 2 aliphatic heterocycles. The molecule has 0 unspecified atom stereocenters. The molecule has 0 radical (unpaired) electrons. The van der Waals surface area contributed by atoms with Gasteiger partial charge in [-0.3, -0.25) is 4.79 Å². The van der Waals surface area contributed by atoms with Gasteiger partial charge in [-0.25, -0.2) is 0 Å². The molecule has 2 atom stereocenters. The first-order chi connectivity index (χ1) is 14.2. The Hall–Kier alpha value is -2.52. The van der Waals surface area contributed by atoms with Crippen LogP contribution in [-0.2, 0) is 15.7 Å². The lowest BCUT2D eigenvalue weighted by Gasteiger charge is -2.35. The van der Waals surface area contributed by atoms with Gasteiger partial charge in [0.25, 0.3) is 5.91 Å². The number of nitrogens with zero attached hydrogens (tertiary/aromatic N) is 2. The van der Waals surface area contributed by atoms with E-state index in [1.807, 2.05) is 18.7 Å². The first-order valence-corrected chi connectivity index (χ1v) is 10.2. The fraction of sp³-hybridized carbons (Fsp3) is 0.333. The number of rotatable bonds is 2. The summed E-state index contributed by atoms with van der Waals surface area (Å²) in [6.45, 7) is 5.24. The first kappa shape index (κ1) is 20.7. The minimum atomic E-state index is -4.43. The molecule has 1 saturated heterocycles. The summed E-state index contributed by atoms with van der Waals surface area (Å²) in [7, 11) is 0. The number of carbonyl (C=O) groups excluding carboxylic acids is 1. The standard InChI is InChI=1S/C21H19F3N2O3S/c1-12-10-26(11-13(2)28-12)20-25-19(27)18(30-20)9-16-6-7-17(29-16)14-4-3-5-15(8-14)21(22,23)24/h3-9,12-13H,10-11H2,1-2H3/b18-9-/t12-,13-/m1/s1. The van der Waals surface area contributed by atoms with E-state index in [1.54, 1.807) is 24.3 Å². The van der Waals surface area contributed by atoms with Crippen molar-refractivity contribution in [2.45, 2.75) is 32.2 Å². The number of morpholine rings is 1. The number of halogens is 3. The number of benzene rings is 1. The highest BCUT2D eigenvalue weighted by Crippen LogP contribution is 2.35. The maximum Gasteiger partial charge on any atom is 0.416 e. The SMILES string of the molecule is C[C@@H]1CN(C2=NC(=O)/C(=C/c3ccc(-c4cccc(C(F)(F)F)c4)o3)S2)C[C@@H](C)O1. The van der Waals surface area contributed by atoms with Crippen LogP contribution in [-0.4, -0.2) is 41.3 Å². The fourth-order valence-corrected chi connectivity index (χ4v) is 4.34. The molecule has 4 rings (SSSR count). The minimum Gasteiger partial charge on any atom is -0.457 e. The zero-order chi connectivity index (χ0) is 21.5. The van der Waals surface area contributed by atoms with Crippen LogP contribution < -0.4 is 0 Å². The van der Waals surface area contributed by atoms with Gasteiger partial charge in [0, 0.05) is 24.7 Å². The van der Waals surface area contributed by atoms with Crippen LogP contribution in [0.3, 0.4) is 0 Å². The van der Waals surface area contributed by atoms with E-state index < -0.39 is 11.7 Å². The molecule has 0 bridgehead atoms. The lowest BCUT2D eigenvalue weighted by molar-refractivity contribution is -0.137. The molecular weight excluding hydrogens is 417 g/mol. The summed E-state index contributed by atoms with van der Waals surface area (Å²) in [5, 5.41) is 0.623. The molecule has 3 heterocycles. The van der Waals surface area contributed by atoms with Gasteiger partial charge in [0.15, 0.2) is 5.17 Å². The molecule has 0 saturated carbocycles. The quantitative estimate of drug-likeness (QED) is 0.617. The number of alkyl halides is 3. The van der Waals surface area contributed by atoms with Gasteiger partial charge >= 0.3 is 6.18 Å². The van der Waals surface area contributed by atoms with Crippen LogP contribution in [0.5, 0.6) is 0 Å². The van der Waals surface area contributed by atoms with Gasteiger partial charge in [-0.2, -0.15) is 18.2 Å². The lowest BCUT2D eigenvalue weighted by atomic mass is 10.1. The molecule has 158 valence electrons. The number of ether oxygens (including phenoxy) is 1. The molecule has 0 N–H and O–H groups in total. The molecule has 2 aromatic rings. The van der Waals surface area contributed by atoms with Crippen molar-refractivity contribution in [3.8, 4) is 11.3 Å². The summed E-state index contributed by atoms with van der Waals surface area (Å²) in [6, 6.07) is 8.12. The molecule has 2 aliphatic rings.